The van der Waals surface area contributed by atoms with Crippen LogP contribution in [0.5, 0.6) is 0 Å². The molecule has 1 aliphatic rings. The molecule has 0 aliphatic carbocycles. The van der Waals surface area contributed by atoms with Gasteiger partial charge < -0.3 is 15.8 Å². The number of hydrogen-bond donors (Lipinski definition) is 2. The second-order valence-electron chi connectivity index (χ2n) is 5.26. The first-order valence-corrected chi connectivity index (χ1v) is 7.08. The number of nitrogens with two attached hydrogens (primary N) is 1. The van der Waals surface area contributed by atoms with Crippen LogP contribution < -0.4 is 11.1 Å². The number of benzene rings is 1. The normalized spacial score (nSPS) is 19.8. The minimum atomic E-state index is 0.00891. The van der Waals surface area contributed by atoms with Crippen LogP contribution in [0, 0.1) is 6.92 Å². The van der Waals surface area contributed by atoms with Gasteiger partial charge in [-0.1, -0.05) is 6.92 Å². The predicted molar refractivity (Wildman–Crippen MR) is 80.7 cm³/mol. The zero-order valence-corrected chi connectivity index (χ0v) is 12.2. The van der Waals surface area contributed by atoms with Gasteiger partial charge in [0.05, 0.1) is 19.3 Å². The number of nitrogens with zero attached hydrogens (tertiary/aromatic N) is 1. The third-order valence-electron chi connectivity index (χ3n) is 3.57. The number of nitrogen functional groups attached to an aromatic ring is 1. The largest absolute Gasteiger partial charge is 0.399 e. The Morgan fingerprint density at radius 2 is 2.35 bits per heavy atom. The molecule has 0 spiro atoms. The average molecular weight is 277 g/mol. The molecule has 1 saturated heterocycles. The van der Waals surface area contributed by atoms with Crippen molar-refractivity contribution in [3.8, 4) is 0 Å². The van der Waals surface area contributed by atoms with Gasteiger partial charge in [-0.2, -0.15) is 0 Å². The molecule has 2 rings (SSSR count). The predicted octanol–water partition coefficient (Wildman–Crippen LogP) is 1.63. The van der Waals surface area contributed by atoms with Gasteiger partial charge in [-0.15, -0.1) is 0 Å². The molecule has 0 bridgehead atoms. The quantitative estimate of drug-likeness (QED) is 0.821. The third-order valence-corrected chi connectivity index (χ3v) is 3.57. The van der Waals surface area contributed by atoms with E-state index in [0.29, 0.717) is 18.8 Å². The lowest BCUT2D eigenvalue weighted by molar-refractivity contribution is -0.119. The maximum Gasteiger partial charge on any atom is 0.238 e. The van der Waals surface area contributed by atoms with Crippen molar-refractivity contribution >= 4 is 17.3 Å². The standard InChI is InChI=1S/C15H23N3O2/c1-3-13-9-18(6-7-20-13)10-15(19)17-14-5-4-12(16)8-11(14)2/h4-5,8,13H,3,6-7,9-10,16H2,1-2H3,(H,17,19). The molecule has 0 radical (unpaired) electrons. The molecule has 0 aromatic heterocycles. The Kier molecular flexibility index (Phi) is 4.98. The van der Waals surface area contributed by atoms with Gasteiger partial charge in [-0.05, 0) is 37.1 Å². The van der Waals surface area contributed by atoms with Crippen molar-refractivity contribution in [3.05, 3.63) is 23.8 Å². The maximum absolute atomic E-state index is 12.1. The minimum absolute atomic E-state index is 0.00891. The van der Waals surface area contributed by atoms with Crippen molar-refractivity contribution in [2.45, 2.75) is 26.4 Å². The number of anilines is 2. The van der Waals surface area contributed by atoms with Crippen LogP contribution in [0.25, 0.3) is 0 Å². The molecule has 0 saturated carbocycles. The Bertz CT molecular complexity index is 476. The number of hydrogen-bond acceptors (Lipinski definition) is 4. The van der Waals surface area contributed by atoms with Crippen LogP contribution in [0.2, 0.25) is 0 Å². The minimum Gasteiger partial charge on any atom is -0.399 e. The molecular weight excluding hydrogens is 254 g/mol. The first kappa shape index (κ1) is 14.8. The molecule has 1 fully saturated rings. The Morgan fingerprint density at radius 1 is 1.55 bits per heavy atom. The molecule has 1 aromatic rings. The highest BCUT2D eigenvalue weighted by Gasteiger charge is 2.20. The van der Waals surface area contributed by atoms with E-state index in [9.17, 15) is 4.79 Å². The van der Waals surface area contributed by atoms with Gasteiger partial charge in [0.2, 0.25) is 5.91 Å². The van der Waals surface area contributed by atoms with Crippen molar-refractivity contribution < 1.29 is 9.53 Å². The zero-order valence-electron chi connectivity index (χ0n) is 12.2. The highest BCUT2D eigenvalue weighted by Crippen LogP contribution is 2.17. The summed E-state index contributed by atoms with van der Waals surface area (Å²) in [7, 11) is 0. The van der Waals surface area contributed by atoms with Crippen LogP contribution in [-0.4, -0.2) is 43.2 Å². The number of amides is 1. The van der Waals surface area contributed by atoms with Gasteiger partial charge in [0.25, 0.3) is 0 Å². The summed E-state index contributed by atoms with van der Waals surface area (Å²) in [5.41, 5.74) is 8.21. The Labute approximate surface area is 120 Å². The molecule has 1 heterocycles. The number of ether oxygens (including phenoxy) is 1. The molecule has 1 aromatic carbocycles. The molecule has 5 heteroatoms. The summed E-state index contributed by atoms with van der Waals surface area (Å²) in [6.45, 7) is 6.78. The van der Waals surface area contributed by atoms with Crippen LogP contribution >= 0.6 is 0 Å². The second-order valence-corrected chi connectivity index (χ2v) is 5.26. The summed E-state index contributed by atoms with van der Waals surface area (Å²) in [5, 5.41) is 2.94. The molecule has 110 valence electrons. The summed E-state index contributed by atoms with van der Waals surface area (Å²) in [6.07, 6.45) is 1.23. The number of nitrogens with one attached hydrogen (secondary N) is 1. The highest BCUT2D eigenvalue weighted by molar-refractivity contribution is 5.93. The van der Waals surface area contributed by atoms with E-state index < -0.39 is 0 Å². The van der Waals surface area contributed by atoms with Crippen molar-refractivity contribution in [2.24, 2.45) is 0 Å². The molecule has 20 heavy (non-hydrogen) atoms. The highest BCUT2D eigenvalue weighted by atomic mass is 16.5. The van der Waals surface area contributed by atoms with E-state index >= 15 is 0 Å². The summed E-state index contributed by atoms with van der Waals surface area (Å²) in [4.78, 5) is 14.2. The van der Waals surface area contributed by atoms with Gasteiger partial charge in [-0.3, -0.25) is 9.69 Å². The van der Waals surface area contributed by atoms with E-state index in [1.165, 1.54) is 0 Å². The molecule has 1 unspecified atom stereocenters. The number of aryl methyl sites for hydroxylation is 1. The lowest BCUT2D eigenvalue weighted by Gasteiger charge is -2.31. The number of carbonyl (C=O) groups is 1. The molecule has 3 N–H and O–H groups in total. The summed E-state index contributed by atoms with van der Waals surface area (Å²) >= 11 is 0. The van der Waals surface area contributed by atoms with Crippen LogP contribution in [0.4, 0.5) is 11.4 Å². The van der Waals surface area contributed by atoms with Crippen LogP contribution in [0.3, 0.4) is 0 Å². The Hall–Kier alpha value is -1.59. The van der Waals surface area contributed by atoms with Crippen molar-refractivity contribution in [1.82, 2.24) is 4.90 Å². The molecule has 5 nitrogen and oxygen atoms in total. The van der Waals surface area contributed by atoms with E-state index in [2.05, 4.69) is 17.1 Å². The van der Waals surface area contributed by atoms with E-state index in [1.807, 2.05) is 19.1 Å². The zero-order chi connectivity index (χ0) is 14.5. The van der Waals surface area contributed by atoms with Crippen molar-refractivity contribution in [3.63, 3.8) is 0 Å². The van der Waals surface area contributed by atoms with Gasteiger partial charge in [-0.25, -0.2) is 0 Å². The summed E-state index contributed by atoms with van der Waals surface area (Å²) in [6, 6.07) is 5.50. The lowest BCUT2D eigenvalue weighted by atomic mass is 10.2. The van der Waals surface area contributed by atoms with Crippen LogP contribution in [-0.2, 0) is 9.53 Å². The monoisotopic (exact) mass is 277 g/mol. The fourth-order valence-corrected chi connectivity index (χ4v) is 2.39. The van der Waals surface area contributed by atoms with Crippen molar-refractivity contribution in [1.29, 1.82) is 0 Å². The Balaban J connectivity index is 1.88. The van der Waals surface area contributed by atoms with E-state index in [4.69, 9.17) is 10.5 Å². The maximum atomic E-state index is 12.1. The molecular formula is C15H23N3O2. The van der Waals surface area contributed by atoms with Crippen molar-refractivity contribution in [2.75, 3.05) is 37.3 Å². The summed E-state index contributed by atoms with van der Waals surface area (Å²) < 4.78 is 5.60. The topological polar surface area (TPSA) is 67.6 Å². The molecule has 1 atom stereocenters. The molecule has 1 amide bonds. The number of carbonyl (C=O) groups excluding carboxylic acids is 1. The third kappa shape index (κ3) is 3.95. The average Bonchev–Trinajstić information content (AvgIpc) is 2.42. The van der Waals surface area contributed by atoms with Gasteiger partial charge in [0.15, 0.2) is 0 Å². The van der Waals surface area contributed by atoms with Crippen LogP contribution in [0.15, 0.2) is 18.2 Å². The number of morpholine rings is 1. The molecule has 1 aliphatic heterocycles. The fraction of sp³-hybridized carbons (Fsp3) is 0.533. The fourth-order valence-electron chi connectivity index (χ4n) is 2.39. The van der Waals surface area contributed by atoms with Gasteiger partial charge >= 0.3 is 0 Å². The first-order chi connectivity index (χ1) is 9.58. The van der Waals surface area contributed by atoms with E-state index in [0.717, 1.165) is 30.8 Å². The Morgan fingerprint density at radius 3 is 3.05 bits per heavy atom. The first-order valence-electron chi connectivity index (χ1n) is 7.08. The SMILES string of the molecule is CCC1CN(CC(=O)Nc2ccc(N)cc2C)CCO1. The number of rotatable bonds is 4. The smallest absolute Gasteiger partial charge is 0.238 e. The van der Waals surface area contributed by atoms with Crippen LogP contribution in [0.1, 0.15) is 18.9 Å². The summed E-state index contributed by atoms with van der Waals surface area (Å²) in [5.74, 6) is 0.00891. The second kappa shape index (κ2) is 6.72. The van der Waals surface area contributed by atoms with E-state index in [1.54, 1.807) is 6.07 Å². The van der Waals surface area contributed by atoms with E-state index in [-0.39, 0.29) is 12.0 Å². The van der Waals surface area contributed by atoms with Gasteiger partial charge in [0, 0.05) is 24.5 Å². The lowest BCUT2D eigenvalue weighted by Crippen LogP contribution is -2.45. The van der Waals surface area contributed by atoms with Gasteiger partial charge in [0.1, 0.15) is 0 Å².